The van der Waals surface area contributed by atoms with Gasteiger partial charge in [-0.3, -0.25) is 4.79 Å². The molecule has 0 aliphatic carbocycles. The van der Waals surface area contributed by atoms with E-state index in [2.05, 4.69) is 4.90 Å². The second-order valence-corrected chi connectivity index (χ2v) is 4.76. The van der Waals surface area contributed by atoms with Crippen LogP contribution >= 0.6 is 0 Å². The molecule has 1 aliphatic heterocycles. The Morgan fingerprint density at radius 2 is 2.00 bits per heavy atom. The molecule has 1 heterocycles. The number of amides is 1. The summed E-state index contributed by atoms with van der Waals surface area (Å²) in [5, 5.41) is 0. The van der Waals surface area contributed by atoms with Gasteiger partial charge in [0.2, 0.25) is 0 Å². The SMILES string of the molecule is CN(CCN1CCCC1)C(=O)c1ccccc1F. The van der Waals surface area contributed by atoms with Crippen molar-refractivity contribution < 1.29 is 9.18 Å². The van der Waals surface area contributed by atoms with Gasteiger partial charge in [0.05, 0.1) is 5.56 Å². The lowest BCUT2D eigenvalue weighted by molar-refractivity contribution is 0.0777. The van der Waals surface area contributed by atoms with Crippen LogP contribution < -0.4 is 0 Å². The summed E-state index contributed by atoms with van der Waals surface area (Å²) in [6.45, 7) is 3.74. The number of benzene rings is 1. The molecule has 1 aromatic carbocycles. The molecular weight excluding hydrogens is 231 g/mol. The molecule has 3 nitrogen and oxygen atoms in total. The Morgan fingerprint density at radius 1 is 1.33 bits per heavy atom. The average molecular weight is 250 g/mol. The summed E-state index contributed by atoms with van der Waals surface area (Å²) in [5.74, 6) is -0.692. The normalized spacial score (nSPS) is 15.9. The van der Waals surface area contributed by atoms with Crippen LogP contribution in [0.3, 0.4) is 0 Å². The van der Waals surface area contributed by atoms with E-state index in [1.807, 2.05) is 0 Å². The van der Waals surface area contributed by atoms with Gasteiger partial charge < -0.3 is 9.80 Å². The summed E-state index contributed by atoms with van der Waals surface area (Å²) in [5.41, 5.74) is 0.154. The predicted molar refractivity (Wildman–Crippen MR) is 69.0 cm³/mol. The smallest absolute Gasteiger partial charge is 0.256 e. The molecule has 1 saturated heterocycles. The number of carbonyl (C=O) groups is 1. The predicted octanol–water partition coefficient (Wildman–Crippen LogP) is 1.99. The minimum Gasteiger partial charge on any atom is -0.340 e. The van der Waals surface area contributed by atoms with Crippen molar-refractivity contribution in [1.82, 2.24) is 9.80 Å². The van der Waals surface area contributed by atoms with E-state index < -0.39 is 5.82 Å². The highest BCUT2D eigenvalue weighted by Crippen LogP contribution is 2.10. The van der Waals surface area contributed by atoms with Gasteiger partial charge in [0, 0.05) is 20.1 Å². The molecule has 98 valence electrons. The fourth-order valence-electron chi connectivity index (χ4n) is 2.24. The number of rotatable bonds is 4. The van der Waals surface area contributed by atoms with Crippen LogP contribution in [0.2, 0.25) is 0 Å². The first-order valence-electron chi connectivity index (χ1n) is 6.41. The first kappa shape index (κ1) is 13.0. The molecule has 0 bridgehead atoms. The summed E-state index contributed by atoms with van der Waals surface area (Å²) < 4.78 is 13.5. The Kier molecular flexibility index (Phi) is 4.31. The highest BCUT2D eigenvalue weighted by Gasteiger charge is 2.17. The number of likely N-dealkylation sites (tertiary alicyclic amines) is 1. The van der Waals surface area contributed by atoms with Crippen LogP contribution in [0.5, 0.6) is 0 Å². The summed E-state index contributed by atoms with van der Waals surface area (Å²) in [6.07, 6.45) is 2.48. The maximum atomic E-state index is 13.5. The Morgan fingerprint density at radius 3 is 2.67 bits per heavy atom. The molecule has 18 heavy (non-hydrogen) atoms. The number of halogens is 1. The Labute approximate surface area is 107 Å². The molecule has 0 atom stereocenters. The van der Waals surface area contributed by atoms with Crippen molar-refractivity contribution in [1.29, 1.82) is 0 Å². The van der Waals surface area contributed by atoms with Gasteiger partial charge in [0.1, 0.15) is 5.82 Å². The average Bonchev–Trinajstić information content (AvgIpc) is 2.89. The number of nitrogens with zero attached hydrogens (tertiary/aromatic N) is 2. The van der Waals surface area contributed by atoms with E-state index in [1.165, 1.54) is 25.0 Å². The summed E-state index contributed by atoms with van der Waals surface area (Å²) >= 11 is 0. The second-order valence-electron chi connectivity index (χ2n) is 4.76. The quantitative estimate of drug-likeness (QED) is 0.816. The van der Waals surface area contributed by atoms with Crippen molar-refractivity contribution >= 4 is 5.91 Å². The third kappa shape index (κ3) is 3.07. The maximum Gasteiger partial charge on any atom is 0.256 e. The van der Waals surface area contributed by atoms with E-state index in [0.29, 0.717) is 6.54 Å². The monoisotopic (exact) mass is 250 g/mol. The minimum absolute atomic E-state index is 0.154. The third-order valence-electron chi connectivity index (χ3n) is 3.40. The molecule has 0 spiro atoms. The lowest BCUT2D eigenvalue weighted by atomic mass is 10.2. The van der Waals surface area contributed by atoms with Gasteiger partial charge in [-0.25, -0.2) is 4.39 Å². The van der Waals surface area contributed by atoms with Gasteiger partial charge in [0.25, 0.3) is 5.91 Å². The number of hydrogen-bond donors (Lipinski definition) is 0. The van der Waals surface area contributed by atoms with E-state index in [4.69, 9.17) is 0 Å². The Bertz CT molecular complexity index is 416. The Hall–Kier alpha value is -1.42. The van der Waals surface area contributed by atoms with Crippen molar-refractivity contribution in [2.75, 3.05) is 33.2 Å². The van der Waals surface area contributed by atoms with Crippen molar-refractivity contribution in [3.8, 4) is 0 Å². The lowest BCUT2D eigenvalue weighted by Crippen LogP contribution is -2.35. The molecule has 1 aromatic rings. The van der Waals surface area contributed by atoms with E-state index in [-0.39, 0.29) is 11.5 Å². The van der Waals surface area contributed by atoms with Crippen LogP contribution in [0, 0.1) is 5.82 Å². The van der Waals surface area contributed by atoms with Crippen LogP contribution in [0.15, 0.2) is 24.3 Å². The van der Waals surface area contributed by atoms with E-state index in [0.717, 1.165) is 19.6 Å². The largest absolute Gasteiger partial charge is 0.340 e. The fraction of sp³-hybridized carbons (Fsp3) is 0.500. The van der Waals surface area contributed by atoms with Crippen molar-refractivity contribution in [2.24, 2.45) is 0 Å². The van der Waals surface area contributed by atoms with Crippen LogP contribution in [-0.2, 0) is 0 Å². The maximum absolute atomic E-state index is 13.5. The Balaban J connectivity index is 1.90. The van der Waals surface area contributed by atoms with E-state index in [9.17, 15) is 9.18 Å². The second kappa shape index (κ2) is 5.96. The molecule has 2 rings (SSSR count). The first-order valence-corrected chi connectivity index (χ1v) is 6.41. The highest BCUT2D eigenvalue weighted by molar-refractivity contribution is 5.94. The fourth-order valence-corrected chi connectivity index (χ4v) is 2.24. The van der Waals surface area contributed by atoms with Gasteiger partial charge in [0.15, 0.2) is 0 Å². The molecule has 0 saturated carbocycles. The molecular formula is C14H19FN2O. The molecule has 1 fully saturated rings. The summed E-state index contributed by atoms with van der Waals surface area (Å²) in [6, 6.07) is 6.13. The highest BCUT2D eigenvalue weighted by atomic mass is 19.1. The van der Waals surface area contributed by atoms with Gasteiger partial charge in [-0.1, -0.05) is 12.1 Å². The number of likely N-dealkylation sites (N-methyl/N-ethyl adjacent to an activating group) is 1. The summed E-state index contributed by atoms with van der Waals surface area (Å²) in [4.78, 5) is 16.0. The zero-order valence-corrected chi connectivity index (χ0v) is 10.7. The van der Waals surface area contributed by atoms with E-state index in [1.54, 1.807) is 24.1 Å². The van der Waals surface area contributed by atoms with Crippen LogP contribution in [0.4, 0.5) is 4.39 Å². The van der Waals surface area contributed by atoms with Crippen LogP contribution in [-0.4, -0.2) is 48.9 Å². The van der Waals surface area contributed by atoms with Crippen LogP contribution in [0.1, 0.15) is 23.2 Å². The minimum atomic E-state index is -0.449. The summed E-state index contributed by atoms with van der Waals surface area (Å²) in [7, 11) is 1.73. The molecule has 1 aliphatic rings. The topological polar surface area (TPSA) is 23.6 Å². The molecule has 0 N–H and O–H groups in total. The molecule has 0 radical (unpaired) electrons. The van der Waals surface area contributed by atoms with Crippen molar-refractivity contribution in [3.63, 3.8) is 0 Å². The first-order chi connectivity index (χ1) is 8.68. The van der Waals surface area contributed by atoms with Gasteiger partial charge in [-0.15, -0.1) is 0 Å². The molecule has 0 aromatic heterocycles. The molecule has 4 heteroatoms. The molecule has 1 amide bonds. The van der Waals surface area contributed by atoms with Crippen molar-refractivity contribution in [2.45, 2.75) is 12.8 Å². The van der Waals surface area contributed by atoms with Gasteiger partial charge in [-0.05, 0) is 38.1 Å². The van der Waals surface area contributed by atoms with Crippen molar-refractivity contribution in [3.05, 3.63) is 35.6 Å². The van der Waals surface area contributed by atoms with Gasteiger partial charge in [-0.2, -0.15) is 0 Å². The zero-order chi connectivity index (χ0) is 13.0. The van der Waals surface area contributed by atoms with Crippen LogP contribution in [0.25, 0.3) is 0 Å². The van der Waals surface area contributed by atoms with Gasteiger partial charge >= 0.3 is 0 Å². The standard InChI is InChI=1S/C14H19FN2O/c1-16(10-11-17-8-4-5-9-17)14(18)12-6-2-3-7-13(12)15/h2-3,6-7H,4-5,8-11H2,1H3. The number of hydrogen-bond acceptors (Lipinski definition) is 2. The molecule has 0 unspecified atom stereocenters. The number of carbonyl (C=O) groups excluding carboxylic acids is 1. The third-order valence-corrected chi connectivity index (χ3v) is 3.40. The lowest BCUT2D eigenvalue weighted by Gasteiger charge is -2.21. The van der Waals surface area contributed by atoms with E-state index >= 15 is 0 Å². The zero-order valence-electron chi connectivity index (χ0n) is 10.7.